The van der Waals surface area contributed by atoms with E-state index in [9.17, 15) is 9.59 Å². The molecular weight excluding hydrogens is 378 g/mol. The topological polar surface area (TPSA) is 62.7 Å². The minimum atomic E-state index is -0.364. The summed E-state index contributed by atoms with van der Waals surface area (Å²) in [5.41, 5.74) is 3.01. The first-order valence-electron chi connectivity index (χ1n) is 10.1. The Kier molecular flexibility index (Phi) is 5.77. The van der Waals surface area contributed by atoms with E-state index in [2.05, 4.69) is 0 Å². The third-order valence-electron chi connectivity index (χ3n) is 5.32. The number of hydrogen-bond donors (Lipinski definition) is 0. The SMILES string of the molecule is CN(C)C(=O)c1cc(C2CN(C(=O)Cc3ccccc3)CCO2)nc2ccccc12. The zero-order chi connectivity index (χ0) is 21.1. The van der Waals surface area contributed by atoms with Gasteiger partial charge in [-0.15, -0.1) is 0 Å². The third-order valence-corrected chi connectivity index (χ3v) is 5.32. The largest absolute Gasteiger partial charge is 0.368 e. The van der Waals surface area contributed by atoms with Crippen molar-refractivity contribution in [1.29, 1.82) is 0 Å². The summed E-state index contributed by atoms with van der Waals surface area (Å²) in [5.74, 6) is -0.0115. The number of amides is 2. The fraction of sp³-hybridized carbons (Fsp3) is 0.292. The van der Waals surface area contributed by atoms with Crippen molar-refractivity contribution >= 4 is 22.7 Å². The third kappa shape index (κ3) is 4.19. The van der Waals surface area contributed by atoms with Crippen LogP contribution in [0.2, 0.25) is 0 Å². The van der Waals surface area contributed by atoms with Gasteiger partial charge >= 0.3 is 0 Å². The summed E-state index contributed by atoms with van der Waals surface area (Å²) >= 11 is 0. The van der Waals surface area contributed by atoms with E-state index in [0.29, 0.717) is 37.4 Å². The number of para-hydroxylation sites is 1. The van der Waals surface area contributed by atoms with Gasteiger partial charge in [-0.2, -0.15) is 0 Å². The molecule has 1 aliphatic rings. The molecule has 2 heterocycles. The van der Waals surface area contributed by atoms with Crippen LogP contribution in [-0.4, -0.2) is 60.4 Å². The van der Waals surface area contributed by atoms with Gasteiger partial charge in [-0.3, -0.25) is 9.59 Å². The zero-order valence-corrected chi connectivity index (χ0v) is 17.2. The molecule has 1 fully saturated rings. The highest BCUT2D eigenvalue weighted by atomic mass is 16.5. The van der Waals surface area contributed by atoms with Crippen LogP contribution in [0.15, 0.2) is 60.7 Å². The van der Waals surface area contributed by atoms with Crippen molar-refractivity contribution in [3.63, 3.8) is 0 Å². The Labute approximate surface area is 176 Å². The number of hydrogen-bond acceptors (Lipinski definition) is 4. The van der Waals surface area contributed by atoms with Gasteiger partial charge < -0.3 is 14.5 Å². The first-order chi connectivity index (χ1) is 14.5. The molecule has 0 spiro atoms. The summed E-state index contributed by atoms with van der Waals surface area (Å²) in [6.07, 6.45) is 0.0000792. The second-order valence-corrected chi connectivity index (χ2v) is 7.67. The molecule has 1 aliphatic heterocycles. The lowest BCUT2D eigenvalue weighted by Crippen LogP contribution is -2.43. The minimum Gasteiger partial charge on any atom is -0.368 e. The van der Waals surface area contributed by atoms with Crippen molar-refractivity contribution in [3.05, 3.63) is 77.5 Å². The van der Waals surface area contributed by atoms with E-state index in [0.717, 1.165) is 16.5 Å². The van der Waals surface area contributed by atoms with Gasteiger partial charge in [0.25, 0.3) is 5.91 Å². The van der Waals surface area contributed by atoms with Gasteiger partial charge in [0.15, 0.2) is 0 Å². The number of aromatic nitrogens is 1. The predicted octanol–water partition coefficient (Wildman–Crippen LogP) is 3.08. The van der Waals surface area contributed by atoms with Gasteiger partial charge in [-0.1, -0.05) is 48.5 Å². The van der Waals surface area contributed by atoms with Crippen LogP contribution in [0.4, 0.5) is 0 Å². The van der Waals surface area contributed by atoms with Gasteiger partial charge in [0.1, 0.15) is 6.10 Å². The second-order valence-electron chi connectivity index (χ2n) is 7.67. The predicted molar refractivity (Wildman–Crippen MR) is 115 cm³/mol. The van der Waals surface area contributed by atoms with Gasteiger partial charge in [0, 0.05) is 26.0 Å². The Bertz CT molecular complexity index is 1070. The monoisotopic (exact) mass is 403 g/mol. The maximum Gasteiger partial charge on any atom is 0.254 e. The molecule has 6 heteroatoms. The number of pyridine rings is 1. The molecule has 0 radical (unpaired) electrons. The van der Waals surface area contributed by atoms with Crippen molar-refractivity contribution in [3.8, 4) is 0 Å². The molecule has 1 aromatic heterocycles. The minimum absolute atomic E-state index is 0.0693. The molecular formula is C24H25N3O3. The van der Waals surface area contributed by atoms with E-state index in [1.54, 1.807) is 25.1 Å². The lowest BCUT2D eigenvalue weighted by Gasteiger charge is -2.33. The van der Waals surface area contributed by atoms with Gasteiger partial charge in [0.2, 0.25) is 5.91 Å². The molecule has 2 aromatic carbocycles. The maximum absolute atomic E-state index is 12.8. The molecule has 4 rings (SSSR count). The molecule has 3 aromatic rings. The Hall–Kier alpha value is -3.25. The number of nitrogens with zero attached hydrogens (tertiary/aromatic N) is 3. The molecule has 1 atom stereocenters. The highest BCUT2D eigenvalue weighted by molar-refractivity contribution is 6.06. The molecule has 30 heavy (non-hydrogen) atoms. The van der Waals surface area contributed by atoms with E-state index < -0.39 is 0 Å². The van der Waals surface area contributed by atoms with Crippen LogP contribution >= 0.6 is 0 Å². The van der Waals surface area contributed by atoms with E-state index in [4.69, 9.17) is 9.72 Å². The van der Waals surface area contributed by atoms with Crippen LogP contribution in [0.1, 0.15) is 27.7 Å². The average molecular weight is 403 g/mol. The highest BCUT2D eigenvalue weighted by Crippen LogP contribution is 2.27. The van der Waals surface area contributed by atoms with E-state index in [1.165, 1.54) is 0 Å². The number of morpholine rings is 1. The Morgan fingerprint density at radius 3 is 2.60 bits per heavy atom. The van der Waals surface area contributed by atoms with Crippen molar-refractivity contribution < 1.29 is 14.3 Å². The molecule has 6 nitrogen and oxygen atoms in total. The molecule has 154 valence electrons. The molecule has 0 N–H and O–H groups in total. The van der Waals surface area contributed by atoms with Crippen molar-refractivity contribution in [2.24, 2.45) is 0 Å². The summed E-state index contributed by atoms with van der Waals surface area (Å²) in [7, 11) is 3.47. The lowest BCUT2D eigenvalue weighted by atomic mass is 10.0. The fourth-order valence-corrected chi connectivity index (χ4v) is 3.72. The fourth-order valence-electron chi connectivity index (χ4n) is 3.72. The molecule has 0 aliphatic carbocycles. The zero-order valence-electron chi connectivity index (χ0n) is 17.2. The summed E-state index contributed by atoms with van der Waals surface area (Å²) in [6.45, 7) is 1.42. The summed E-state index contributed by atoms with van der Waals surface area (Å²) in [5, 5.41) is 0.813. The number of carbonyl (C=O) groups is 2. The summed E-state index contributed by atoms with van der Waals surface area (Å²) < 4.78 is 5.96. The Morgan fingerprint density at radius 1 is 1.10 bits per heavy atom. The molecule has 0 bridgehead atoms. The standard InChI is InChI=1S/C24H25N3O3/c1-26(2)24(29)19-15-21(25-20-11-7-6-10-18(19)20)22-16-27(12-13-30-22)23(28)14-17-8-4-3-5-9-17/h3-11,15,22H,12-14,16H2,1-2H3. The first kappa shape index (κ1) is 20.0. The number of benzene rings is 2. The van der Waals surface area contributed by atoms with Gasteiger partial charge in [-0.25, -0.2) is 4.98 Å². The van der Waals surface area contributed by atoms with Crippen molar-refractivity contribution in [2.45, 2.75) is 12.5 Å². The van der Waals surface area contributed by atoms with Crippen LogP contribution in [0.25, 0.3) is 10.9 Å². The number of rotatable bonds is 4. The summed E-state index contributed by atoms with van der Waals surface area (Å²) in [6, 6.07) is 19.1. The smallest absolute Gasteiger partial charge is 0.254 e. The summed E-state index contributed by atoms with van der Waals surface area (Å²) in [4.78, 5) is 33.7. The van der Waals surface area contributed by atoms with E-state index in [1.807, 2.05) is 59.5 Å². The number of fused-ring (bicyclic) bond motifs is 1. The van der Waals surface area contributed by atoms with Gasteiger partial charge in [-0.05, 0) is 17.7 Å². The maximum atomic E-state index is 12.8. The number of ether oxygens (including phenoxy) is 1. The Morgan fingerprint density at radius 2 is 1.83 bits per heavy atom. The lowest BCUT2D eigenvalue weighted by molar-refractivity contribution is -0.138. The first-order valence-corrected chi connectivity index (χ1v) is 10.1. The van der Waals surface area contributed by atoms with Gasteiger partial charge in [0.05, 0.1) is 36.3 Å². The molecule has 1 unspecified atom stereocenters. The average Bonchev–Trinajstić information content (AvgIpc) is 2.78. The molecule has 1 saturated heterocycles. The Balaban J connectivity index is 1.60. The number of carbonyl (C=O) groups excluding carboxylic acids is 2. The molecule has 0 saturated carbocycles. The van der Waals surface area contributed by atoms with E-state index >= 15 is 0 Å². The van der Waals surface area contributed by atoms with Crippen molar-refractivity contribution in [2.75, 3.05) is 33.8 Å². The quantitative estimate of drug-likeness (QED) is 0.672. The molecule has 2 amide bonds. The van der Waals surface area contributed by atoms with Crippen molar-refractivity contribution in [1.82, 2.24) is 14.8 Å². The highest BCUT2D eigenvalue weighted by Gasteiger charge is 2.28. The van der Waals surface area contributed by atoms with Crippen LogP contribution in [0, 0.1) is 0 Å². The van der Waals surface area contributed by atoms with E-state index in [-0.39, 0.29) is 17.9 Å². The van der Waals surface area contributed by atoms with Crippen LogP contribution in [-0.2, 0) is 16.0 Å². The van der Waals surface area contributed by atoms with Crippen LogP contribution < -0.4 is 0 Å². The normalized spacial score (nSPS) is 16.5. The second kappa shape index (κ2) is 8.63. The van der Waals surface area contributed by atoms with Crippen LogP contribution in [0.3, 0.4) is 0 Å². The van der Waals surface area contributed by atoms with Crippen LogP contribution in [0.5, 0.6) is 0 Å².